The number of aliphatic hydroxyl groups is 4. The van der Waals surface area contributed by atoms with Crippen molar-refractivity contribution < 1.29 is 34.7 Å². The van der Waals surface area contributed by atoms with E-state index in [2.05, 4.69) is 10.1 Å². The summed E-state index contributed by atoms with van der Waals surface area (Å²) < 4.78 is 9.60. The lowest BCUT2D eigenvalue weighted by molar-refractivity contribution is -0.234. The van der Waals surface area contributed by atoms with Crippen LogP contribution in [0.15, 0.2) is 0 Å². The Morgan fingerprint density at radius 3 is 2.47 bits per heavy atom. The fourth-order valence-electron chi connectivity index (χ4n) is 1.51. The van der Waals surface area contributed by atoms with Gasteiger partial charge in [0.15, 0.2) is 6.23 Å². The Labute approximate surface area is 97.8 Å². The van der Waals surface area contributed by atoms with E-state index in [0.717, 1.165) is 0 Å². The fraction of sp³-hybridized carbons (Fsp3) is 0.889. The standard InChI is InChI=1S/C9H17NO7/c1-2-16-9(15)10-8-7(14)6(13)5(12)4(3-11)17-8/h4-8,11-14H,2-3H2,1H3,(H,10,15)/t4-,5+,6+,7-,8-/m1/s1. The number of carbonyl (C=O) groups is 1. The maximum absolute atomic E-state index is 11.1. The normalized spacial score (nSPS) is 37.6. The van der Waals surface area contributed by atoms with Crippen molar-refractivity contribution in [2.24, 2.45) is 0 Å². The molecule has 8 nitrogen and oxygen atoms in total. The van der Waals surface area contributed by atoms with Crippen molar-refractivity contribution in [1.29, 1.82) is 0 Å². The van der Waals surface area contributed by atoms with Crippen LogP contribution in [0.3, 0.4) is 0 Å². The Morgan fingerprint density at radius 2 is 1.94 bits per heavy atom. The maximum Gasteiger partial charge on any atom is 0.409 e. The van der Waals surface area contributed by atoms with E-state index < -0.39 is 43.3 Å². The lowest BCUT2D eigenvalue weighted by Gasteiger charge is -2.39. The van der Waals surface area contributed by atoms with Crippen LogP contribution < -0.4 is 5.32 Å². The lowest BCUT2D eigenvalue weighted by atomic mass is 9.98. The van der Waals surface area contributed by atoms with Gasteiger partial charge in [-0.3, -0.25) is 5.32 Å². The molecule has 100 valence electrons. The molecule has 0 spiro atoms. The van der Waals surface area contributed by atoms with Crippen molar-refractivity contribution in [2.45, 2.75) is 37.6 Å². The van der Waals surface area contributed by atoms with Crippen LogP contribution in [0.4, 0.5) is 4.79 Å². The van der Waals surface area contributed by atoms with E-state index >= 15 is 0 Å². The Kier molecular flexibility index (Phi) is 5.09. The van der Waals surface area contributed by atoms with Crippen molar-refractivity contribution in [3.8, 4) is 0 Å². The molecule has 0 bridgehead atoms. The number of hydrogen-bond acceptors (Lipinski definition) is 7. The summed E-state index contributed by atoms with van der Waals surface area (Å²) in [5.41, 5.74) is 0. The first-order chi connectivity index (χ1) is 8.01. The molecular weight excluding hydrogens is 234 g/mol. The summed E-state index contributed by atoms with van der Waals surface area (Å²) >= 11 is 0. The molecule has 0 aromatic carbocycles. The van der Waals surface area contributed by atoms with Crippen LogP contribution in [0.2, 0.25) is 0 Å². The van der Waals surface area contributed by atoms with Gasteiger partial charge in [0.05, 0.1) is 13.2 Å². The van der Waals surface area contributed by atoms with Gasteiger partial charge in [-0.1, -0.05) is 0 Å². The molecule has 1 heterocycles. The Bertz CT molecular complexity index is 260. The van der Waals surface area contributed by atoms with E-state index in [1.165, 1.54) is 0 Å². The van der Waals surface area contributed by atoms with Gasteiger partial charge >= 0.3 is 6.09 Å². The third kappa shape index (κ3) is 3.27. The summed E-state index contributed by atoms with van der Waals surface area (Å²) in [4.78, 5) is 11.1. The highest BCUT2D eigenvalue weighted by Crippen LogP contribution is 2.19. The molecular formula is C9H17NO7. The molecule has 0 aliphatic carbocycles. The summed E-state index contributed by atoms with van der Waals surface area (Å²) in [6.07, 6.45) is -7.60. The summed E-state index contributed by atoms with van der Waals surface area (Å²) in [6, 6.07) is 0. The molecule has 5 N–H and O–H groups in total. The minimum absolute atomic E-state index is 0.142. The molecule has 17 heavy (non-hydrogen) atoms. The molecule has 1 fully saturated rings. The third-order valence-electron chi connectivity index (χ3n) is 2.43. The van der Waals surface area contributed by atoms with Crippen molar-refractivity contribution in [1.82, 2.24) is 5.32 Å². The molecule has 1 saturated heterocycles. The molecule has 1 aliphatic heterocycles. The first kappa shape index (κ1) is 14.1. The highest BCUT2D eigenvalue weighted by atomic mass is 16.6. The number of hydrogen-bond donors (Lipinski definition) is 5. The largest absolute Gasteiger partial charge is 0.450 e. The number of amides is 1. The molecule has 0 radical (unpaired) electrons. The topological polar surface area (TPSA) is 128 Å². The van der Waals surface area contributed by atoms with Crippen molar-refractivity contribution in [2.75, 3.05) is 13.2 Å². The molecule has 8 heteroatoms. The fourth-order valence-corrected chi connectivity index (χ4v) is 1.51. The van der Waals surface area contributed by atoms with Gasteiger partial charge in [-0.2, -0.15) is 0 Å². The van der Waals surface area contributed by atoms with Gasteiger partial charge in [-0.15, -0.1) is 0 Å². The lowest BCUT2D eigenvalue weighted by Crippen LogP contribution is -2.63. The number of ether oxygens (including phenoxy) is 2. The van der Waals surface area contributed by atoms with Crippen LogP contribution in [0.1, 0.15) is 6.92 Å². The van der Waals surface area contributed by atoms with Gasteiger partial charge in [-0.05, 0) is 6.92 Å². The minimum atomic E-state index is -1.52. The van der Waals surface area contributed by atoms with Crippen LogP contribution in [0.25, 0.3) is 0 Å². The zero-order valence-electron chi connectivity index (χ0n) is 9.31. The molecule has 5 atom stereocenters. The van der Waals surface area contributed by atoms with Crippen LogP contribution in [0, 0.1) is 0 Å². The summed E-state index contributed by atoms with van der Waals surface area (Å²) in [7, 11) is 0. The molecule has 1 rings (SSSR count). The first-order valence-corrected chi connectivity index (χ1v) is 5.25. The zero-order valence-corrected chi connectivity index (χ0v) is 9.31. The van der Waals surface area contributed by atoms with E-state index in [4.69, 9.17) is 9.84 Å². The monoisotopic (exact) mass is 251 g/mol. The number of rotatable bonds is 3. The smallest absolute Gasteiger partial charge is 0.409 e. The average molecular weight is 251 g/mol. The van der Waals surface area contributed by atoms with Gasteiger partial charge in [-0.25, -0.2) is 4.79 Å². The first-order valence-electron chi connectivity index (χ1n) is 5.25. The van der Waals surface area contributed by atoms with Crippen molar-refractivity contribution in [3.05, 3.63) is 0 Å². The number of aliphatic hydroxyl groups excluding tert-OH is 4. The van der Waals surface area contributed by atoms with Gasteiger partial charge in [0.1, 0.15) is 24.4 Å². The van der Waals surface area contributed by atoms with Crippen molar-refractivity contribution in [3.63, 3.8) is 0 Å². The van der Waals surface area contributed by atoms with Gasteiger partial charge in [0, 0.05) is 0 Å². The summed E-state index contributed by atoms with van der Waals surface area (Å²) in [5, 5.41) is 39.5. The Balaban J connectivity index is 2.62. The van der Waals surface area contributed by atoms with Gasteiger partial charge in [0.2, 0.25) is 0 Å². The summed E-state index contributed by atoms with van der Waals surface area (Å²) in [5.74, 6) is 0. The molecule has 1 amide bonds. The molecule has 0 aromatic heterocycles. The SMILES string of the molecule is CCOC(=O)N[C@@H]1O[C@H](CO)[C@H](O)[C@H](O)[C@H]1O. The number of carbonyl (C=O) groups excluding carboxylic acids is 1. The Morgan fingerprint density at radius 1 is 1.29 bits per heavy atom. The quantitative estimate of drug-likeness (QED) is 0.376. The number of nitrogens with one attached hydrogen (secondary N) is 1. The second-order valence-electron chi connectivity index (χ2n) is 3.61. The number of alkyl carbamates (subject to hydrolysis) is 1. The molecule has 0 aromatic rings. The van der Waals surface area contributed by atoms with Crippen LogP contribution >= 0.6 is 0 Å². The second-order valence-corrected chi connectivity index (χ2v) is 3.61. The van der Waals surface area contributed by atoms with E-state index in [1.807, 2.05) is 0 Å². The predicted molar refractivity (Wildman–Crippen MR) is 53.9 cm³/mol. The van der Waals surface area contributed by atoms with E-state index in [9.17, 15) is 20.1 Å². The highest BCUT2D eigenvalue weighted by Gasteiger charge is 2.44. The molecule has 0 unspecified atom stereocenters. The van der Waals surface area contributed by atoms with E-state index in [-0.39, 0.29) is 6.61 Å². The van der Waals surface area contributed by atoms with Crippen molar-refractivity contribution >= 4 is 6.09 Å². The maximum atomic E-state index is 11.1. The van der Waals surface area contributed by atoms with Crippen LogP contribution in [-0.4, -0.2) is 70.4 Å². The molecule has 0 saturated carbocycles. The van der Waals surface area contributed by atoms with Crippen LogP contribution in [-0.2, 0) is 9.47 Å². The average Bonchev–Trinajstić information content (AvgIpc) is 2.30. The Hall–Kier alpha value is -0.930. The predicted octanol–water partition coefficient (Wildman–Crippen LogP) is -2.47. The summed E-state index contributed by atoms with van der Waals surface area (Å²) in [6.45, 7) is 1.20. The second kappa shape index (κ2) is 6.12. The van der Waals surface area contributed by atoms with Gasteiger partial charge < -0.3 is 29.9 Å². The molecule has 1 aliphatic rings. The minimum Gasteiger partial charge on any atom is -0.450 e. The van der Waals surface area contributed by atoms with E-state index in [0.29, 0.717) is 0 Å². The van der Waals surface area contributed by atoms with E-state index in [1.54, 1.807) is 6.92 Å². The highest BCUT2D eigenvalue weighted by molar-refractivity contribution is 5.67. The zero-order chi connectivity index (χ0) is 13.0. The van der Waals surface area contributed by atoms with Crippen LogP contribution in [0.5, 0.6) is 0 Å². The third-order valence-corrected chi connectivity index (χ3v) is 2.43. The van der Waals surface area contributed by atoms with Gasteiger partial charge in [0.25, 0.3) is 0 Å².